The number of halogens is 1. The molecule has 0 saturated carbocycles. The first kappa shape index (κ1) is 19.8. The fourth-order valence-electron chi connectivity index (χ4n) is 3.58. The van der Waals surface area contributed by atoms with E-state index in [-0.39, 0.29) is 18.4 Å². The Morgan fingerprint density at radius 3 is 2.63 bits per heavy atom. The van der Waals surface area contributed by atoms with Crippen molar-refractivity contribution in [3.05, 3.63) is 83.7 Å². The number of fused-ring (bicyclic) bond motifs is 1. The van der Waals surface area contributed by atoms with E-state index in [1.54, 1.807) is 24.3 Å². The molecule has 152 valence electrons. The summed E-state index contributed by atoms with van der Waals surface area (Å²) in [6.07, 6.45) is 8.31. The predicted molar refractivity (Wildman–Crippen MR) is 115 cm³/mol. The van der Waals surface area contributed by atoms with E-state index >= 15 is 0 Å². The summed E-state index contributed by atoms with van der Waals surface area (Å²) in [5.41, 5.74) is 1.61. The van der Waals surface area contributed by atoms with Crippen LogP contribution in [0.1, 0.15) is 30.9 Å². The smallest absolute Gasteiger partial charge is 0.231 e. The molecular weight excluding hydrogens is 379 g/mol. The summed E-state index contributed by atoms with van der Waals surface area (Å²) in [6, 6.07) is 20.1. The lowest BCUT2D eigenvalue weighted by Crippen LogP contribution is -2.19. The van der Waals surface area contributed by atoms with Gasteiger partial charge >= 0.3 is 0 Å². The number of para-hydroxylation sites is 1. The molecule has 0 spiro atoms. The van der Waals surface area contributed by atoms with E-state index in [0.29, 0.717) is 5.75 Å². The summed E-state index contributed by atoms with van der Waals surface area (Å²) < 4.78 is 30.7. The van der Waals surface area contributed by atoms with Gasteiger partial charge in [0.05, 0.1) is 5.41 Å². The van der Waals surface area contributed by atoms with Crippen LogP contribution >= 0.6 is 0 Å². The molecule has 4 heteroatoms. The average molecular weight is 402 g/mol. The molecule has 3 aromatic carbocycles. The van der Waals surface area contributed by atoms with Gasteiger partial charge in [0.2, 0.25) is 6.79 Å². The van der Waals surface area contributed by atoms with Gasteiger partial charge in [0.15, 0.2) is 23.1 Å². The predicted octanol–water partition coefficient (Wildman–Crippen LogP) is 6.26. The Balaban J connectivity index is 1.43. The van der Waals surface area contributed by atoms with E-state index in [2.05, 4.69) is 12.8 Å². The molecule has 1 aliphatic rings. The van der Waals surface area contributed by atoms with Crippen LogP contribution in [-0.2, 0) is 11.8 Å². The number of aryl methyl sites for hydroxylation is 1. The third-order valence-corrected chi connectivity index (χ3v) is 5.44. The number of benzene rings is 3. The minimum Gasteiger partial charge on any atom is -0.454 e. The molecule has 0 radical (unpaired) electrons. The van der Waals surface area contributed by atoms with Crippen LogP contribution in [0.25, 0.3) is 0 Å². The third kappa shape index (κ3) is 4.26. The Kier molecular flexibility index (Phi) is 5.63. The summed E-state index contributed by atoms with van der Waals surface area (Å²) in [6.45, 7) is 2.29. The Morgan fingerprint density at radius 1 is 1.03 bits per heavy atom. The fraction of sp³-hybridized carbons (Fsp3) is 0.231. The maximum Gasteiger partial charge on any atom is 0.231 e. The van der Waals surface area contributed by atoms with Gasteiger partial charge < -0.3 is 14.2 Å². The molecule has 1 heterocycles. The average Bonchev–Trinajstić information content (AvgIpc) is 3.24. The van der Waals surface area contributed by atoms with E-state index in [1.165, 1.54) is 6.07 Å². The maximum atomic E-state index is 14.2. The number of ether oxygens (including phenoxy) is 3. The van der Waals surface area contributed by atoms with Crippen molar-refractivity contribution in [3.8, 4) is 35.3 Å². The standard InChI is InChI=1S/C26H23FO3/c1-3-26(2,20-12-14-23-25(17-20)29-18-28-23)15-7-8-19-11-13-22(27)24(16-19)30-21-9-5-4-6-10-21/h1,4-6,9-14,16-17H,7-8,15,18H2,2H3. The van der Waals surface area contributed by atoms with Crippen molar-refractivity contribution in [3.63, 3.8) is 0 Å². The number of hydrogen-bond donors (Lipinski definition) is 0. The van der Waals surface area contributed by atoms with Crippen LogP contribution in [0.15, 0.2) is 66.7 Å². The minimum absolute atomic E-state index is 0.231. The van der Waals surface area contributed by atoms with Gasteiger partial charge in [0.1, 0.15) is 5.75 Å². The molecule has 0 amide bonds. The van der Waals surface area contributed by atoms with E-state index < -0.39 is 5.41 Å². The zero-order valence-corrected chi connectivity index (χ0v) is 16.9. The van der Waals surface area contributed by atoms with Crippen molar-refractivity contribution in [2.75, 3.05) is 6.79 Å². The molecule has 0 bridgehead atoms. The van der Waals surface area contributed by atoms with Crippen LogP contribution in [-0.4, -0.2) is 6.79 Å². The molecule has 0 aliphatic carbocycles. The number of hydrogen-bond acceptors (Lipinski definition) is 3. The summed E-state index contributed by atoms with van der Waals surface area (Å²) in [5, 5.41) is 0. The molecule has 1 unspecified atom stereocenters. The zero-order chi connectivity index (χ0) is 21.0. The van der Waals surface area contributed by atoms with Crippen molar-refractivity contribution in [2.45, 2.75) is 31.6 Å². The van der Waals surface area contributed by atoms with Crippen molar-refractivity contribution in [2.24, 2.45) is 0 Å². The van der Waals surface area contributed by atoms with Gasteiger partial charge in [-0.25, -0.2) is 4.39 Å². The largest absolute Gasteiger partial charge is 0.454 e. The van der Waals surface area contributed by atoms with E-state index in [0.717, 1.165) is 41.9 Å². The number of terminal acetylenes is 1. The third-order valence-electron chi connectivity index (χ3n) is 5.44. The van der Waals surface area contributed by atoms with Crippen molar-refractivity contribution < 1.29 is 18.6 Å². The quantitative estimate of drug-likeness (QED) is 0.437. The summed E-state index contributed by atoms with van der Waals surface area (Å²) in [5.74, 6) is 4.88. The van der Waals surface area contributed by atoms with E-state index in [9.17, 15) is 4.39 Å². The maximum absolute atomic E-state index is 14.2. The van der Waals surface area contributed by atoms with Crippen LogP contribution in [0.4, 0.5) is 4.39 Å². The van der Waals surface area contributed by atoms with Crippen molar-refractivity contribution in [1.29, 1.82) is 0 Å². The molecule has 0 aromatic heterocycles. The van der Waals surface area contributed by atoms with Gasteiger partial charge in [0.25, 0.3) is 0 Å². The summed E-state index contributed by atoms with van der Waals surface area (Å²) >= 11 is 0. The van der Waals surface area contributed by atoms with Gasteiger partial charge in [0, 0.05) is 0 Å². The van der Waals surface area contributed by atoms with Gasteiger partial charge in [-0.3, -0.25) is 0 Å². The van der Waals surface area contributed by atoms with Gasteiger partial charge in [-0.05, 0) is 73.7 Å². The van der Waals surface area contributed by atoms with Crippen LogP contribution < -0.4 is 14.2 Å². The molecule has 1 aliphatic heterocycles. The second kappa shape index (κ2) is 8.51. The fourth-order valence-corrected chi connectivity index (χ4v) is 3.58. The molecule has 1 atom stereocenters. The lowest BCUT2D eigenvalue weighted by molar-refractivity contribution is 0.174. The highest BCUT2D eigenvalue weighted by Crippen LogP contribution is 2.38. The van der Waals surface area contributed by atoms with Gasteiger partial charge in [-0.1, -0.05) is 36.3 Å². The SMILES string of the molecule is C#CC(C)(CCCc1ccc(F)c(Oc2ccccc2)c1)c1ccc2c(c1)OCO2. The first-order chi connectivity index (χ1) is 14.6. The molecule has 0 saturated heterocycles. The van der Waals surface area contributed by atoms with Crippen molar-refractivity contribution >= 4 is 0 Å². The second-order valence-electron chi connectivity index (χ2n) is 7.58. The number of rotatable bonds is 7. The van der Waals surface area contributed by atoms with E-state index in [1.807, 2.05) is 36.4 Å². The van der Waals surface area contributed by atoms with Crippen LogP contribution in [0.5, 0.6) is 23.0 Å². The molecule has 0 N–H and O–H groups in total. The first-order valence-corrected chi connectivity index (χ1v) is 9.97. The summed E-state index contributed by atoms with van der Waals surface area (Å²) in [7, 11) is 0. The van der Waals surface area contributed by atoms with Gasteiger partial charge in [-0.15, -0.1) is 6.42 Å². The van der Waals surface area contributed by atoms with Crippen LogP contribution in [0.2, 0.25) is 0 Å². The minimum atomic E-state index is -0.426. The van der Waals surface area contributed by atoms with E-state index in [4.69, 9.17) is 20.6 Å². The zero-order valence-electron chi connectivity index (χ0n) is 16.9. The Labute approximate surface area is 176 Å². The monoisotopic (exact) mass is 402 g/mol. The Morgan fingerprint density at radius 2 is 1.83 bits per heavy atom. The molecular formula is C26H23FO3. The Hall–Kier alpha value is -3.45. The molecule has 0 fully saturated rings. The lowest BCUT2D eigenvalue weighted by atomic mass is 9.78. The highest BCUT2D eigenvalue weighted by atomic mass is 19.1. The normalized spacial score (nSPS) is 14.0. The lowest BCUT2D eigenvalue weighted by Gasteiger charge is -2.24. The Bertz CT molecular complexity index is 1070. The molecule has 30 heavy (non-hydrogen) atoms. The topological polar surface area (TPSA) is 27.7 Å². The van der Waals surface area contributed by atoms with Crippen LogP contribution in [0, 0.1) is 18.2 Å². The van der Waals surface area contributed by atoms with Crippen molar-refractivity contribution in [1.82, 2.24) is 0 Å². The highest BCUT2D eigenvalue weighted by molar-refractivity contribution is 5.48. The van der Waals surface area contributed by atoms with Gasteiger partial charge in [-0.2, -0.15) is 0 Å². The second-order valence-corrected chi connectivity index (χ2v) is 7.58. The molecule has 3 nitrogen and oxygen atoms in total. The van der Waals surface area contributed by atoms with Crippen LogP contribution in [0.3, 0.4) is 0 Å². The molecule has 3 aromatic rings. The summed E-state index contributed by atoms with van der Waals surface area (Å²) in [4.78, 5) is 0. The highest BCUT2D eigenvalue weighted by Gasteiger charge is 2.26. The first-order valence-electron chi connectivity index (χ1n) is 9.97. The molecule has 4 rings (SSSR count).